The molecule has 0 aliphatic carbocycles. The number of hydrogen-bond donors (Lipinski definition) is 2. The lowest BCUT2D eigenvalue weighted by atomic mass is 10.2. The maximum atomic E-state index is 12.2. The molecule has 0 unspecified atom stereocenters. The average Bonchev–Trinajstić information content (AvgIpc) is 2.61. The van der Waals surface area contributed by atoms with E-state index in [0.717, 1.165) is 5.56 Å². The zero-order valence-corrected chi connectivity index (χ0v) is 15.1. The lowest BCUT2D eigenvalue weighted by Gasteiger charge is -2.23. The fourth-order valence-corrected chi connectivity index (χ4v) is 2.36. The molecule has 0 heterocycles. The molecule has 0 saturated heterocycles. The van der Waals surface area contributed by atoms with Gasteiger partial charge in [0.1, 0.15) is 0 Å². The van der Waals surface area contributed by atoms with Gasteiger partial charge in [0.25, 0.3) is 0 Å². The van der Waals surface area contributed by atoms with Gasteiger partial charge in [-0.15, -0.1) is 0 Å². The summed E-state index contributed by atoms with van der Waals surface area (Å²) in [4.78, 5) is 26.0. The van der Waals surface area contributed by atoms with E-state index in [1.54, 1.807) is 43.1 Å². The Balaban J connectivity index is 1.80. The predicted octanol–water partition coefficient (Wildman–Crippen LogP) is 2.92. The zero-order chi connectivity index (χ0) is 18.2. The van der Waals surface area contributed by atoms with E-state index >= 15 is 0 Å². The minimum Gasteiger partial charge on any atom is -0.351 e. The molecular formula is C19H22ClN3O2. The number of carbonyl (C=O) groups is 2. The van der Waals surface area contributed by atoms with Gasteiger partial charge in [-0.1, -0.05) is 41.9 Å². The van der Waals surface area contributed by atoms with Crippen molar-refractivity contribution >= 4 is 29.1 Å². The van der Waals surface area contributed by atoms with Crippen molar-refractivity contribution in [2.75, 3.05) is 18.9 Å². The van der Waals surface area contributed by atoms with Gasteiger partial charge in [-0.05, 0) is 43.8 Å². The summed E-state index contributed by atoms with van der Waals surface area (Å²) in [6.45, 7) is 2.35. The van der Waals surface area contributed by atoms with Crippen molar-refractivity contribution in [1.29, 1.82) is 0 Å². The first-order valence-electron chi connectivity index (χ1n) is 8.03. The number of rotatable bonds is 7. The third kappa shape index (κ3) is 6.21. The normalized spacial score (nSPS) is 11.8. The SMILES string of the molecule is C[C@H](C(=O)NCc1ccccc1)N(C)CC(=O)Nc1ccc(Cl)cc1. The number of nitrogens with zero attached hydrogens (tertiary/aromatic N) is 1. The monoisotopic (exact) mass is 359 g/mol. The molecule has 132 valence electrons. The highest BCUT2D eigenvalue weighted by Crippen LogP contribution is 2.13. The lowest BCUT2D eigenvalue weighted by Crippen LogP contribution is -2.45. The van der Waals surface area contributed by atoms with E-state index in [0.29, 0.717) is 17.3 Å². The molecule has 0 aliphatic rings. The Morgan fingerprint density at radius 1 is 1.08 bits per heavy atom. The van der Waals surface area contributed by atoms with Crippen LogP contribution in [-0.4, -0.2) is 36.3 Å². The minimum absolute atomic E-state index is 0.114. The second-order valence-corrected chi connectivity index (χ2v) is 6.29. The van der Waals surface area contributed by atoms with E-state index in [2.05, 4.69) is 10.6 Å². The molecule has 0 saturated carbocycles. The summed E-state index contributed by atoms with van der Waals surface area (Å²) in [5.74, 6) is -0.307. The summed E-state index contributed by atoms with van der Waals surface area (Å²) >= 11 is 5.82. The second-order valence-electron chi connectivity index (χ2n) is 5.85. The quantitative estimate of drug-likeness (QED) is 0.799. The Morgan fingerprint density at radius 2 is 1.72 bits per heavy atom. The van der Waals surface area contributed by atoms with Crippen LogP contribution in [0.4, 0.5) is 5.69 Å². The summed E-state index contributed by atoms with van der Waals surface area (Å²) < 4.78 is 0. The summed E-state index contributed by atoms with van der Waals surface area (Å²) in [7, 11) is 1.74. The second kappa shape index (κ2) is 9.20. The van der Waals surface area contributed by atoms with Gasteiger partial charge in [-0.2, -0.15) is 0 Å². The molecule has 2 aromatic rings. The fraction of sp³-hybridized carbons (Fsp3) is 0.263. The first-order valence-corrected chi connectivity index (χ1v) is 8.41. The first-order chi connectivity index (χ1) is 12.0. The van der Waals surface area contributed by atoms with E-state index in [4.69, 9.17) is 11.6 Å². The molecule has 0 fully saturated rings. The van der Waals surface area contributed by atoms with Crippen LogP contribution in [0, 0.1) is 0 Å². The molecule has 1 atom stereocenters. The van der Waals surface area contributed by atoms with Crippen molar-refractivity contribution in [3.05, 3.63) is 65.2 Å². The number of carbonyl (C=O) groups excluding carboxylic acids is 2. The van der Waals surface area contributed by atoms with Gasteiger partial charge in [0, 0.05) is 17.3 Å². The highest BCUT2D eigenvalue weighted by molar-refractivity contribution is 6.30. The summed E-state index contributed by atoms with van der Waals surface area (Å²) in [6.07, 6.45) is 0. The summed E-state index contributed by atoms with van der Waals surface area (Å²) in [5, 5.41) is 6.27. The van der Waals surface area contributed by atoms with Gasteiger partial charge in [0.2, 0.25) is 11.8 Å². The van der Waals surface area contributed by atoms with Crippen LogP contribution >= 0.6 is 11.6 Å². The van der Waals surface area contributed by atoms with Crippen LogP contribution in [0.1, 0.15) is 12.5 Å². The van der Waals surface area contributed by atoms with Crippen molar-refractivity contribution in [2.45, 2.75) is 19.5 Å². The van der Waals surface area contributed by atoms with E-state index in [9.17, 15) is 9.59 Å². The van der Waals surface area contributed by atoms with Gasteiger partial charge < -0.3 is 10.6 Å². The maximum Gasteiger partial charge on any atom is 0.238 e. The molecule has 0 spiro atoms. The first kappa shape index (κ1) is 19.0. The molecule has 0 bridgehead atoms. The Labute approximate surface area is 153 Å². The predicted molar refractivity (Wildman–Crippen MR) is 100 cm³/mol. The molecule has 5 nitrogen and oxygen atoms in total. The number of benzene rings is 2. The highest BCUT2D eigenvalue weighted by Gasteiger charge is 2.19. The van der Waals surface area contributed by atoms with Crippen molar-refractivity contribution in [1.82, 2.24) is 10.2 Å². The van der Waals surface area contributed by atoms with E-state index in [1.165, 1.54) is 0 Å². The van der Waals surface area contributed by atoms with Crippen molar-refractivity contribution in [3.8, 4) is 0 Å². The Hall–Kier alpha value is -2.37. The minimum atomic E-state index is -0.417. The summed E-state index contributed by atoms with van der Waals surface area (Å²) in [5.41, 5.74) is 1.70. The molecule has 25 heavy (non-hydrogen) atoms. The number of nitrogens with one attached hydrogen (secondary N) is 2. The molecule has 6 heteroatoms. The molecular weight excluding hydrogens is 338 g/mol. The van der Waals surface area contributed by atoms with Gasteiger partial charge in [0.05, 0.1) is 12.6 Å². The standard InChI is InChI=1S/C19H22ClN3O2/c1-14(19(25)21-12-15-6-4-3-5-7-15)23(2)13-18(24)22-17-10-8-16(20)9-11-17/h3-11,14H,12-13H2,1-2H3,(H,21,25)(H,22,24)/t14-/m1/s1. The largest absolute Gasteiger partial charge is 0.351 e. The van der Waals surface area contributed by atoms with Gasteiger partial charge >= 0.3 is 0 Å². The van der Waals surface area contributed by atoms with Crippen molar-refractivity contribution < 1.29 is 9.59 Å². The van der Waals surface area contributed by atoms with Crippen LogP contribution in [0.25, 0.3) is 0 Å². The molecule has 0 radical (unpaired) electrons. The molecule has 2 aromatic carbocycles. The van der Waals surface area contributed by atoms with Gasteiger partial charge in [0.15, 0.2) is 0 Å². The number of anilines is 1. The average molecular weight is 360 g/mol. The number of amides is 2. The fourth-order valence-electron chi connectivity index (χ4n) is 2.23. The topological polar surface area (TPSA) is 61.4 Å². The third-order valence-electron chi connectivity index (χ3n) is 3.87. The van der Waals surface area contributed by atoms with E-state index in [1.807, 2.05) is 30.3 Å². The number of likely N-dealkylation sites (N-methyl/N-ethyl adjacent to an activating group) is 1. The van der Waals surface area contributed by atoms with Crippen LogP contribution in [0.5, 0.6) is 0 Å². The smallest absolute Gasteiger partial charge is 0.238 e. The third-order valence-corrected chi connectivity index (χ3v) is 4.12. The molecule has 2 amide bonds. The zero-order valence-electron chi connectivity index (χ0n) is 14.3. The molecule has 2 N–H and O–H groups in total. The van der Waals surface area contributed by atoms with Gasteiger partial charge in [-0.3, -0.25) is 14.5 Å². The Kier molecular flexibility index (Phi) is 6.98. The van der Waals surface area contributed by atoms with Crippen LogP contribution in [0.15, 0.2) is 54.6 Å². The van der Waals surface area contributed by atoms with Crippen LogP contribution in [0.2, 0.25) is 5.02 Å². The maximum absolute atomic E-state index is 12.2. The molecule has 2 rings (SSSR count). The van der Waals surface area contributed by atoms with E-state index < -0.39 is 6.04 Å². The Morgan fingerprint density at radius 3 is 2.36 bits per heavy atom. The molecule has 0 aliphatic heterocycles. The number of hydrogen-bond acceptors (Lipinski definition) is 3. The van der Waals surface area contributed by atoms with Gasteiger partial charge in [-0.25, -0.2) is 0 Å². The van der Waals surface area contributed by atoms with Crippen LogP contribution in [-0.2, 0) is 16.1 Å². The van der Waals surface area contributed by atoms with Crippen molar-refractivity contribution in [2.24, 2.45) is 0 Å². The Bertz CT molecular complexity index is 704. The van der Waals surface area contributed by atoms with E-state index in [-0.39, 0.29) is 18.4 Å². The van der Waals surface area contributed by atoms with Crippen molar-refractivity contribution in [3.63, 3.8) is 0 Å². The lowest BCUT2D eigenvalue weighted by molar-refractivity contribution is -0.126. The number of halogens is 1. The van der Waals surface area contributed by atoms with Crippen LogP contribution < -0.4 is 10.6 Å². The van der Waals surface area contributed by atoms with Crippen LogP contribution in [0.3, 0.4) is 0 Å². The summed E-state index contributed by atoms with van der Waals surface area (Å²) in [6, 6.07) is 16.2. The molecule has 0 aromatic heterocycles. The highest BCUT2D eigenvalue weighted by atomic mass is 35.5.